The van der Waals surface area contributed by atoms with Gasteiger partial charge in [0.05, 0.1) is 7.11 Å². The predicted molar refractivity (Wildman–Crippen MR) is 83.3 cm³/mol. The Morgan fingerprint density at radius 2 is 1.77 bits per heavy atom. The van der Waals surface area contributed by atoms with Gasteiger partial charge in [-0.3, -0.25) is 0 Å². The number of methoxy groups -OCH3 is 1. The summed E-state index contributed by atoms with van der Waals surface area (Å²) in [5.41, 5.74) is 1.81. The van der Waals surface area contributed by atoms with Crippen molar-refractivity contribution in [3.63, 3.8) is 0 Å². The molecule has 5 heteroatoms. The van der Waals surface area contributed by atoms with Crippen molar-refractivity contribution in [2.75, 3.05) is 7.11 Å². The summed E-state index contributed by atoms with van der Waals surface area (Å²) in [5.74, 6) is 1.31. The van der Waals surface area contributed by atoms with Crippen molar-refractivity contribution in [1.82, 2.24) is 5.32 Å². The fourth-order valence-electron chi connectivity index (χ4n) is 2.23. The summed E-state index contributed by atoms with van der Waals surface area (Å²) in [6.45, 7) is 2.16. The van der Waals surface area contributed by atoms with Gasteiger partial charge in [0.25, 0.3) is 0 Å². The second-order valence-electron chi connectivity index (χ2n) is 4.77. The predicted octanol–water partition coefficient (Wildman–Crippen LogP) is 3.60. The minimum atomic E-state index is -1.05. The molecule has 5 nitrogen and oxygen atoms in total. The third-order valence-corrected chi connectivity index (χ3v) is 3.30. The summed E-state index contributed by atoms with van der Waals surface area (Å²) in [7, 11) is 1.59. The summed E-state index contributed by atoms with van der Waals surface area (Å²) in [6, 6.07) is 15.0. The van der Waals surface area contributed by atoms with Crippen LogP contribution in [-0.4, -0.2) is 18.3 Å². The molecule has 0 fully saturated rings. The van der Waals surface area contributed by atoms with Crippen molar-refractivity contribution in [3.05, 3.63) is 59.7 Å². The molecular weight excluding hydrogens is 282 g/mol. The molecule has 2 N–H and O–H groups in total. The summed E-state index contributed by atoms with van der Waals surface area (Å²) in [6.07, 6.45) is -1.28. The topological polar surface area (TPSA) is 67.8 Å². The molecule has 1 amide bonds. The van der Waals surface area contributed by atoms with E-state index in [1.54, 1.807) is 7.11 Å². The van der Waals surface area contributed by atoms with Crippen LogP contribution >= 0.6 is 0 Å². The lowest BCUT2D eigenvalue weighted by Gasteiger charge is -2.19. The van der Waals surface area contributed by atoms with Crippen LogP contribution in [0.5, 0.6) is 11.5 Å². The number of carboxylic acid groups (broad SMARTS) is 1. The maximum atomic E-state index is 10.7. The van der Waals surface area contributed by atoms with Gasteiger partial charge in [0, 0.05) is 6.54 Å². The van der Waals surface area contributed by atoms with Crippen LogP contribution in [0.15, 0.2) is 48.5 Å². The van der Waals surface area contributed by atoms with Gasteiger partial charge in [-0.1, -0.05) is 36.4 Å². The van der Waals surface area contributed by atoms with Gasteiger partial charge in [0.2, 0.25) is 0 Å². The number of rotatable bonds is 6. The van der Waals surface area contributed by atoms with E-state index in [-0.39, 0.29) is 12.6 Å². The summed E-state index contributed by atoms with van der Waals surface area (Å²) < 4.78 is 11.2. The van der Waals surface area contributed by atoms with Crippen molar-refractivity contribution in [2.24, 2.45) is 0 Å². The molecule has 0 saturated carbocycles. The van der Waals surface area contributed by atoms with Crippen LogP contribution < -0.4 is 14.8 Å². The fourth-order valence-corrected chi connectivity index (χ4v) is 2.23. The van der Waals surface area contributed by atoms with E-state index in [4.69, 9.17) is 14.6 Å². The molecule has 0 spiro atoms. The Kier molecular flexibility index (Phi) is 5.25. The number of nitrogens with one attached hydrogen (secondary N) is 1. The Bertz CT molecular complexity index is 642. The van der Waals surface area contributed by atoms with E-state index < -0.39 is 6.09 Å². The minimum Gasteiger partial charge on any atom is -0.493 e. The van der Waals surface area contributed by atoms with Crippen molar-refractivity contribution in [2.45, 2.75) is 19.6 Å². The highest BCUT2D eigenvalue weighted by atomic mass is 16.5. The largest absolute Gasteiger partial charge is 0.493 e. The second-order valence-corrected chi connectivity index (χ2v) is 4.77. The molecule has 1 unspecified atom stereocenters. The van der Waals surface area contributed by atoms with Crippen LogP contribution in [0.2, 0.25) is 0 Å². The summed E-state index contributed by atoms with van der Waals surface area (Å²) >= 11 is 0. The van der Waals surface area contributed by atoms with Gasteiger partial charge in [-0.2, -0.15) is 0 Å². The van der Waals surface area contributed by atoms with Crippen LogP contribution in [0.3, 0.4) is 0 Å². The van der Waals surface area contributed by atoms with E-state index in [1.807, 2.05) is 55.5 Å². The standard InChI is InChI=1S/C17H19NO4/c1-12(22-16-10-6-5-9-15(16)21-2)14-8-4-3-7-13(14)11-18-17(19)20/h3-10,12,18H,11H2,1-2H3,(H,19,20). The zero-order valence-electron chi connectivity index (χ0n) is 12.6. The van der Waals surface area contributed by atoms with E-state index in [0.717, 1.165) is 11.1 Å². The molecule has 2 aromatic rings. The molecule has 2 aromatic carbocycles. The lowest BCUT2D eigenvalue weighted by Crippen LogP contribution is -2.21. The van der Waals surface area contributed by atoms with Crippen LogP contribution in [0, 0.1) is 0 Å². The van der Waals surface area contributed by atoms with Gasteiger partial charge in [-0.15, -0.1) is 0 Å². The third-order valence-electron chi connectivity index (χ3n) is 3.30. The van der Waals surface area contributed by atoms with Crippen molar-refractivity contribution in [3.8, 4) is 11.5 Å². The molecule has 22 heavy (non-hydrogen) atoms. The average molecular weight is 301 g/mol. The van der Waals surface area contributed by atoms with Crippen LogP contribution in [0.1, 0.15) is 24.2 Å². The lowest BCUT2D eigenvalue weighted by molar-refractivity contribution is 0.193. The number of ether oxygens (including phenoxy) is 2. The Morgan fingerprint density at radius 1 is 1.14 bits per heavy atom. The first-order valence-corrected chi connectivity index (χ1v) is 6.96. The normalized spacial score (nSPS) is 11.5. The quantitative estimate of drug-likeness (QED) is 0.855. The van der Waals surface area contributed by atoms with Gasteiger partial charge >= 0.3 is 6.09 Å². The molecular formula is C17H19NO4. The monoisotopic (exact) mass is 301 g/mol. The molecule has 2 rings (SSSR count). The van der Waals surface area contributed by atoms with E-state index in [0.29, 0.717) is 11.5 Å². The van der Waals surface area contributed by atoms with Gasteiger partial charge in [-0.25, -0.2) is 4.79 Å². The zero-order chi connectivity index (χ0) is 15.9. The lowest BCUT2D eigenvalue weighted by atomic mass is 10.0. The second kappa shape index (κ2) is 7.36. The average Bonchev–Trinajstić information content (AvgIpc) is 2.53. The van der Waals surface area contributed by atoms with Gasteiger partial charge < -0.3 is 19.9 Å². The summed E-state index contributed by atoms with van der Waals surface area (Å²) in [5, 5.41) is 11.1. The molecule has 0 aliphatic carbocycles. The van der Waals surface area contributed by atoms with Crippen molar-refractivity contribution >= 4 is 6.09 Å². The molecule has 0 aliphatic rings. The van der Waals surface area contributed by atoms with Gasteiger partial charge in [0.1, 0.15) is 6.10 Å². The van der Waals surface area contributed by atoms with Gasteiger partial charge in [-0.05, 0) is 30.2 Å². The van der Waals surface area contributed by atoms with Crippen LogP contribution in [0.25, 0.3) is 0 Å². The Hall–Kier alpha value is -2.69. The van der Waals surface area contributed by atoms with Crippen molar-refractivity contribution < 1.29 is 19.4 Å². The third kappa shape index (κ3) is 3.91. The Balaban J connectivity index is 2.18. The van der Waals surface area contributed by atoms with E-state index in [1.165, 1.54) is 0 Å². The number of benzene rings is 2. The number of hydrogen-bond acceptors (Lipinski definition) is 3. The zero-order valence-corrected chi connectivity index (χ0v) is 12.6. The first-order chi connectivity index (χ1) is 10.6. The maximum Gasteiger partial charge on any atom is 0.404 e. The molecule has 0 saturated heterocycles. The molecule has 0 aliphatic heterocycles. The Morgan fingerprint density at radius 3 is 2.45 bits per heavy atom. The molecule has 0 aromatic heterocycles. The first kappa shape index (κ1) is 15.7. The fraction of sp³-hybridized carbons (Fsp3) is 0.235. The van der Waals surface area contributed by atoms with Crippen molar-refractivity contribution in [1.29, 1.82) is 0 Å². The number of hydrogen-bond donors (Lipinski definition) is 2. The Labute approximate surface area is 129 Å². The minimum absolute atomic E-state index is 0.233. The highest BCUT2D eigenvalue weighted by Crippen LogP contribution is 2.31. The van der Waals surface area contributed by atoms with E-state index in [9.17, 15) is 4.79 Å². The number of carbonyl (C=O) groups is 1. The molecule has 0 bridgehead atoms. The highest BCUT2D eigenvalue weighted by molar-refractivity contribution is 5.64. The number of amides is 1. The maximum absolute atomic E-state index is 10.7. The molecule has 1 atom stereocenters. The summed E-state index contributed by atoms with van der Waals surface area (Å²) in [4.78, 5) is 10.7. The molecule has 116 valence electrons. The molecule has 0 heterocycles. The first-order valence-electron chi connectivity index (χ1n) is 6.96. The highest BCUT2D eigenvalue weighted by Gasteiger charge is 2.14. The van der Waals surface area contributed by atoms with Gasteiger partial charge in [0.15, 0.2) is 11.5 Å². The van der Waals surface area contributed by atoms with E-state index >= 15 is 0 Å². The van der Waals surface area contributed by atoms with E-state index in [2.05, 4.69) is 5.32 Å². The van der Waals surface area contributed by atoms with Crippen LogP contribution in [-0.2, 0) is 6.54 Å². The molecule has 0 radical (unpaired) electrons. The number of para-hydroxylation sites is 2. The van der Waals surface area contributed by atoms with Crippen LogP contribution in [0.4, 0.5) is 4.79 Å². The SMILES string of the molecule is COc1ccccc1OC(C)c1ccccc1CNC(=O)O. The smallest absolute Gasteiger partial charge is 0.404 e.